The summed E-state index contributed by atoms with van der Waals surface area (Å²) >= 11 is 0. The largest absolute Gasteiger partial charge is 0.370 e. The Kier molecular flexibility index (Phi) is 6.59. The molecule has 0 bridgehead atoms. The number of benzene rings is 1. The number of likely N-dealkylation sites (N-methyl/N-ethyl adjacent to an activating group) is 1. The predicted molar refractivity (Wildman–Crippen MR) is 121 cm³/mol. The molecule has 0 saturated heterocycles. The van der Waals surface area contributed by atoms with E-state index in [0.717, 1.165) is 29.9 Å². The first kappa shape index (κ1) is 21.6. The topological polar surface area (TPSA) is 83.0 Å². The predicted octanol–water partition coefficient (Wildman–Crippen LogP) is 2.76. The van der Waals surface area contributed by atoms with Crippen molar-refractivity contribution in [2.24, 2.45) is 7.05 Å². The van der Waals surface area contributed by atoms with Gasteiger partial charge in [-0.1, -0.05) is 18.2 Å². The Morgan fingerprint density at radius 1 is 1.23 bits per heavy atom. The number of rotatable bonds is 8. The number of aromatic nitrogens is 3. The van der Waals surface area contributed by atoms with Crippen molar-refractivity contribution in [1.29, 1.82) is 0 Å². The zero-order valence-electron chi connectivity index (χ0n) is 18.5. The second kappa shape index (κ2) is 9.15. The van der Waals surface area contributed by atoms with Crippen LogP contribution in [-0.2, 0) is 18.3 Å². The maximum atomic E-state index is 12.4. The number of nitrogens with one attached hydrogen (secondary N) is 2. The molecule has 0 aliphatic rings. The van der Waals surface area contributed by atoms with Gasteiger partial charge in [0.1, 0.15) is 0 Å². The van der Waals surface area contributed by atoms with Gasteiger partial charge in [0, 0.05) is 44.5 Å². The molecule has 0 spiro atoms. The first-order chi connectivity index (χ1) is 14.3. The van der Waals surface area contributed by atoms with Gasteiger partial charge in [-0.25, -0.2) is 4.98 Å². The van der Waals surface area contributed by atoms with Crippen molar-refractivity contribution in [3.05, 3.63) is 57.0 Å². The van der Waals surface area contributed by atoms with Gasteiger partial charge >= 0.3 is 0 Å². The highest BCUT2D eigenvalue weighted by atomic mass is 16.1. The van der Waals surface area contributed by atoms with Gasteiger partial charge < -0.3 is 10.2 Å². The van der Waals surface area contributed by atoms with E-state index in [0.29, 0.717) is 30.4 Å². The number of aromatic amines is 1. The van der Waals surface area contributed by atoms with Crippen LogP contribution in [0.25, 0.3) is 11.0 Å². The number of H-pyrrole nitrogens is 1. The molecule has 7 nitrogen and oxygen atoms in total. The third-order valence-corrected chi connectivity index (χ3v) is 5.72. The molecule has 1 aromatic carbocycles. The lowest BCUT2D eigenvalue weighted by Gasteiger charge is -2.25. The normalized spacial score (nSPS) is 11.1. The Morgan fingerprint density at radius 2 is 1.97 bits per heavy atom. The van der Waals surface area contributed by atoms with Crippen molar-refractivity contribution < 1.29 is 4.79 Å². The minimum absolute atomic E-state index is 0.0108. The lowest BCUT2D eigenvalue weighted by molar-refractivity contribution is -0.120. The van der Waals surface area contributed by atoms with E-state index in [9.17, 15) is 9.59 Å². The van der Waals surface area contributed by atoms with Crippen molar-refractivity contribution in [2.75, 3.05) is 24.5 Å². The maximum Gasteiger partial charge on any atom is 0.273 e. The molecule has 30 heavy (non-hydrogen) atoms. The highest BCUT2D eigenvalue weighted by Gasteiger charge is 2.16. The third-order valence-electron chi connectivity index (χ3n) is 5.72. The molecule has 0 aliphatic heterocycles. The van der Waals surface area contributed by atoms with E-state index in [1.54, 1.807) is 11.7 Å². The number of para-hydroxylation sites is 1. The van der Waals surface area contributed by atoms with Crippen LogP contribution >= 0.6 is 0 Å². The van der Waals surface area contributed by atoms with E-state index in [2.05, 4.69) is 46.3 Å². The molecular weight excluding hydrogens is 378 g/mol. The number of hydrogen-bond acceptors (Lipinski definition) is 4. The van der Waals surface area contributed by atoms with Crippen LogP contribution in [0.2, 0.25) is 0 Å². The van der Waals surface area contributed by atoms with E-state index >= 15 is 0 Å². The van der Waals surface area contributed by atoms with Crippen LogP contribution in [0.4, 0.5) is 5.69 Å². The van der Waals surface area contributed by atoms with Crippen LogP contribution in [0.15, 0.2) is 29.1 Å². The third kappa shape index (κ3) is 4.40. The highest BCUT2D eigenvalue weighted by molar-refractivity contribution is 5.81. The molecule has 0 unspecified atom stereocenters. The molecule has 0 radical (unpaired) electrons. The molecule has 0 saturated carbocycles. The minimum Gasteiger partial charge on any atom is -0.370 e. The number of hydrogen-bond donors (Lipinski definition) is 2. The van der Waals surface area contributed by atoms with Crippen LogP contribution in [0.1, 0.15) is 35.7 Å². The van der Waals surface area contributed by atoms with Crippen LogP contribution in [0.5, 0.6) is 0 Å². The summed E-state index contributed by atoms with van der Waals surface area (Å²) < 4.78 is 1.64. The smallest absolute Gasteiger partial charge is 0.273 e. The fraction of sp³-hybridized carbons (Fsp3) is 0.435. The van der Waals surface area contributed by atoms with Crippen LogP contribution in [0, 0.1) is 20.8 Å². The number of aryl methyl sites for hydroxylation is 4. The van der Waals surface area contributed by atoms with Gasteiger partial charge in [0.15, 0.2) is 5.65 Å². The fourth-order valence-electron chi connectivity index (χ4n) is 4.04. The summed E-state index contributed by atoms with van der Waals surface area (Å²) in [6.45, 7) is 10.3. The molecule has 0 atom stereocenters. The van der Waals surface area contributed by atoms with Crippen LogP contribution in [0.3, 0.4) is 0 Å². The first-order valence-electron chi connectivity index (χ1n) is 10.5. The van der Waals surface area contributed by atoms with E-state index in [-0.39, 0.29) is 11.5 Å². The Bertz CT molecular complexity index is 1110. The maximum absolute atomic E-state index is 12.4. The number of pyridine rings is 1. The molecular formula is C23H31N5O2. The van der Waals surface area contributed by atoms with Crippen molar-refractivity contribution in [1.82, 2.24) is 20.1 Å². The van der Waals surface area contributed by atoms with Crippen LogP contribution in [-0.4, -0.2) is 40.3 Å². The van der Waals surface area contributed by atoms with E-state index in [1.807, 2.05) is 26.0 Å². The molecule has 1 amide bonds. The van der Waals surface area contributed by atoms with Gasteiger partial charge in [-0.2, -0.15) is 0 Å². The molecule has 2 heterocycles. The number of fused-ring (bicyclic) bond motifs is 1. The van der Waals surface area contributed by atoms with Crippen LogP contribution < -0.4 is 15.8 Å². The minimum atomic E-state index is -0.140. The number of amides is 1. The average molecular weight is 410 g/mol. The van der Waals surface area contributed by atoms with Gasteiger partial charge in [0.2, 0.25) is 5.91 Å². The Labute approximate surface area is 177 Å². The van der Waals surface area contributed by atoms with Crippen molar-refractivity contribution in [3.63, 3.8) is 0 Å². The summed E-state index contributed by atoms with van der Waals surface area (Å²) in [7, 11) is 1.78. The summed E-state index contributed by atoms with van der Waals surface area (Å²) in [5.74, 6) is 0.0108. The van der Waals surface area contributed by atoms with Gasteiger partial charge in [0.05, 0.1) is 5.39 Å². The highest BCUT2D eigenvalue weighted by Crippen LogP contribution is 2.21. The number of anilines is 1. The standard InChI is InChI=1S/C23H31N5O2/c1-6-28(19-10-8-7-9-15(19)2)14-13-24-20(29)12-11-18-16(3)21-22(25-17(18)4)27(5)26-23(21)30/h7-10H,6,11-14H2,1-5H3,(H,24,29)(H,26,30). The summed E-state index contributed by atoms with van der Waals surface area (Å²) in [5.41, 5.74) is 5.69. The van der Waals surface area contributed by atoms with Gasteiger partial charge in [0.25, 0.3) is 5.56 Å². The zero-order valence-corrected chi connectivity index (χ0v) is 18.5. The number of nitrogens with zero attached hydrogens (tertiary/aromatic N) is 3. The Hall–Kier alpha value is -3.09. The summed E-state index contributed by atoms with van der Waals surface area (Å²) in [4.78, 5) is 31.5. The SMILES string of the molecule is CCN(CCNC(=O)CCc1c(C)nc2c(c1C)c(=O)[nH]n2C)c1ccccc1C. The average Bonchev–Trinajstić information content (AvgIpc) is 2.99. The molecule has 2 N–H and O–H groups in total. The summed E-state index contributed by atoms with van der Waals surface area (Å²) in [6, 6.07) is 8.29. The summed E-state index contributed by atoms with van der Waals surface area (Å²) in [6.07, 6.45) is 0.937. The molecule has 3 aromatic rings. The molecule has 3 rings (SSSR count). The molecule has 160 valence electrons. The van der Waals surface area contributed by atoms with Crippen molar-refractivity contribution in [3.8, 4) is 0 Å². The first-order valence-corrected chi connectivity index (χ1v) is 10.5. The number of carbonyl (C=O) groups excluding carboxylic acids is 1. The zero-order chi connectivity index (χ0) is 21.8. The van der Waals surface area contributed by atoms with E-state index in [1.165, 1.54) is 11.3 Å². The van der Waals surface area contributed by atoms with E-state index in [4.69, 9.17) is 0 Å². The second-order valence-corrected chi connectivity index (χ2v) is 7.72. The quantitative estimate of drug-likeness (QED) is 0.599. The Balaban J connectivity index is 1.59. The monoisotopic (exact) mass is 409 g/mol. The van der Waals surface area contributed by atoms with Gasteiger partial charge in [-0.3, -0.25) is 19.4 Å². The van der Waals surface area contributed by atoms with E-state index < -0.39 is 0 Å². The van der Waals surface area contributed by atoms with Gasteiger partial charge in [-0.15, -0.1) is 0 Å². The van der Waals surface area contributed by atoms with Gasteiger partial charge in [-0.05, 0) is 56.9 Å². The molecule has 0 aliphatic carbocycles. The lowest BCUT2D eigenvalue weighted by Crippen LogP contribution is -2.35. The fourth-order valence-corrected chi connectivity index (χ4v) is 4.04. The van der Waals surface area contributed by atoms with Crippen molar-refractivity contribution >= 4 is 22.6 Å². The number of carbonyl (C=O) groups is 1. The summed E-state index contributed by atoms with van der Waals surface area (Å²) in [5, 5.41) is 6.38. The molecule has 2 aromatic heterocycles. The van der Waals surface area contributed by atoms with Crippen molar-refractivity contribution in [2.45, 2.75) is 40.5 Å². The molecule has 0 fully saturated rings. The lowest BCUT2D eigenvalue weighted by atomic mass is 10.0. The second-order valence-electron chi connectivity index (χ2n) is 7.72. The molecule has 7 heteroatoms. The Morgan fingerprint density at radius 3 is 2.67 bits per heavy atom.